The fourth-order valence-electron chi connectivity index (χ4n) is 1.50. The van der Waals surface area contributed by atoms with Gasteiger partial charge in [0.05, 0.1) is 6.10 Å². The molecule has 0 N–H and O–H groups in total. The highest BCUT2D eigenvalue weighted by Gasteiger charge is 2.17. The minimum Gasteiger partial charge on any atom is -0.373 e. The van der Waals surface area contributed by atoms with Crippen molar-refractivity contribution in [2.45, 2.75) is 18.9 Å². The van der Waals surface area contributed by atoms with Crippen molar-refractivity contribution in [1.82, 2.24) is 4.98 Å². The molecule has 1 aliphatic heterocycles. The Balaban J connectivity index is 2.18. The van der Waals surface area contributed by atoms with Crippen LogP contribution in [0.25, 0.3) is 0 Å². The molecule has 1 saturated heterocycles. The second-order valence-corrected chi connectivity index (χ2v) is 3.09. The molecule has 2 rings (SSSR count). The van der Waals surface area contributed by atoms with Crippen LogP contribution in [0.5, 0.6) is 0 Å². The molecule has 0 amide bonds. The molecule has 3 nitrogen and oxygen atoms in total. The van der Waals surface area contributed by atoms with E-state index in [0.717, 1.165) is 25.0 Å². The maximum Gasteiger partial charge on any atom is 0.140 e. The van der Waals surface area contributed by atoms with Gasteiger partial charge in [-0.3, -0.25) is 0 Å². The normalized spacial score (nSPS) is 21.3. The van der Waals surface area contributed by atoms with Crippen molar-refractivity contribution in [1.29, 1.82) is 5.26 Å². The van der Waals surface area contributed by atoms with Crippen LogP contribution in [0.15, 0.2) is 18.3 Å². The van der Waals surface area contributed by atoms with E-state index >= 15 is 0 Å². The number of rotatable bonds is 1. The van der Waals surface area contributed by atoms with Gasteiger partial charge in [0.25, 0.3) is 0 Å². The highest BCUT2D eigenvalue weighted by molar-refractivity contribution is 5.24. The Kier molecular flexibility index (Phi) is 2.24. The lowest BCUT2D eigenvalue weighted by atomic mass is 10.1. The first kappa shape index (κ1) is 8.21. The zero-order valence-electron chi connectivity index (χ0n) is 7.23. The zero-order valence-corrected chi connectivity index (χ0v) is 7.23. The van der Waals surface area contributed by atoms with Crippen LogP contribution in [-0.4, -0.2) is 11.6 Å². The minimum absolute atomic E-state index is 0.195. The smallest absolute Gasteiger partial charge is 0.140 e. The number of aromatic nitrogens is 1. The molecule has 1 atom stereocenters. The summed E-state index contributed by atoms with van der Waals surface area (Å²) in [4.78, 5) is 4.00. The van der Waals surface area contributed by atoms with Gasteiger partial charge in [0, 0.05) is 12.8 Å². The molecule has 2 heterocycles. The molecular formula is C10H10N2O. The summed E-state index contributed by atoms with van der Waals surface area (Å²) >= 11 is 0. The summed E-state index contributed by atoms with van der Waals surface area (Å²) in [6.07, 6.45) is 4.10. The third-order valence-electron chi connectivity index (χ3n) is 2.20. The van der Waals surface area contributed by atoms with Crippen LogP contribution in [0.2, 0.25) is 0 Å². The predicted molar refractivity (Wildman–Crippen MR) is 46.9 cm³/mol. The Bertz CT molecular complexity index is 320. The van der Waals surface area contributed by atoms with Gasteiger partial charge in [0.15, 0.2) is 0 Å². The van der Waals surface area contributed by atoms with Crippen LogP contribution in [-0.2, 0) is 4.74 Å². The van der Waals surface area contributed by atoms with Crippen molar-refractivity contribution in [3.05, 3.63) is 29.6 Å². The Morgan fingerprint density at radius 1 is 1.54 bits per heavy atom. The number of nitriles is 1. The quantitative estimate of drug-likeness (QED) is 0.652. The number of hydrogen-bond acceptors (Lipinski definition) is 3. The zero-order chi connectivity index (χ0) is 9.10. The van der Waals surface area contributed by atoms with Gasteiger partial charge in [-0.25, -0.2) is 4.98 Å². The SMILES string of the molecule is N#Cc1ccc(C2CCCO2)cn1. The van der Waals surface area contributed by atoms with E-state index in [1.165, 1.54) is 0 Å². The summed E-state index contributed by atoms with van der Waals surface area (Å²) in [5.74, 6) is 0. The molecule has 0 spiro atoms. The van der Waals surface area contributed by atoms with Gasteiger partial charge in [-0.05, 0) is 24.5 Å². The lowest BCUT2D eigenvalue weighted by molar-refractivity contribution is 0.111. The number of nitrogens with zero attached hydrogens (tertiary/aromatic N) is 2. The number of ether oxygens (including phenoxy) is 1. The van der Waals surface area contributed by atoms with E-state index in [1.807, 2.05) is 12.1 Å². The monoisotopic (exact) mass is 174 g/mol. The molecule has 66 valence electrons. The van der Waals surface area contributed by atoms with Crippen molar-refractivity contribution in [2.75, 3.05) is 6.61 Å². The van der Waals surface area contributed by atoms with Crippen LogP contribution in [0.1, 0.15) is 30.2 Å². The Labute approximate surface area is 77.0 Å². The van der Waals surface area contributed by atoms with Crippen LogP contribution in [0, 0.1) is 11.3 Å². The van der Waals surface area contributed by atoms with E-state index < -0.39 is 0 Å². The average molecular weight is 174 g/mol. The second-order valence-electron chi connectivity index (χ2n) is 3.09. The fourth-order valence-corrected chi connectivity index (χ4v) is 1.50. The van der Waals surface area contributed by atoms with Crippen molar-refractivity contribution >= 4 is 0 Å². The standard InChI is InChI=1S/C10H10N2O/c11-6-9-4-3-8(7-12-9)10-2-1-5-13-10/h3-4,7,10H,1-2,5H2. The molecule has 1 fully saturated rings. The van der Waals surface area contributed by atoms with Gasteiger partial charge in [0.2, 0.25) is 0 Å². The maximum atomic E-state index is 8.55. The average Bonchev–Trinajstić information content (AvgIpc) is 2.71. The Morgan fingerprint density at radius 3 is 3.00 bits per heavy atom. The predicted octanol–water partition coefficient (Wildman–Crippen LogP) is 1.80. The Hall–Kier alpha value is -1.40. The highest BCUT2D eigenvalue weighted by atomic mass is 16.5. The van der Waals surface area contributed by atoms with E-state index in [1.54, 1.807) is 12.3 Å². The van der Waals surface area contributed by atoms with Gasteiger partial charge in [-0.2, -0.15) is 5.26 Å². The molecule has 1 aliphatic rings. The lowest BCUT2D eigenvalue weighted by Gasteiger charge is -2.07. The topological polar surface area (TPSA) is 45.9 Å². The summed E-state index contributed by atoms with van der Waals surface area (Å²) < 4.78 is 5.49. The van der Waals surface area contributed by atoms with Gasteiger partial charge in [-0.1, -0.05) is 6.07 Å². The summed E-state index contributed by atoms with van der Waals surface area (Å²) in [6, 6.07) is 5.64. The van der Waals surface area contributed by atoms with Gasteiger partial charge < -0.3 is 4.74 Å². The Morgan fingerprint density at radius 2 is 2.46 bits per heavy atom. The van der Waals surface area contributed by atoms with Crippen LogP contribution < -0.4 is 0 Å². The fraction of sp³-hybridized carbons (Fsp3) is 0.400. The van der Waals surface area contributed by atoms with E-state index in [-0.39, 0.29) is 6.10 Å². The van der Waals surface area contributed by atoms with Crippen LogP contribution >= 0.6 is 0 Å². The summed E-state index contributed by atoms with van der Waals surface area (Å²) in [5, 5.41) is 8.55. The first-order valence-corrected chi connectivity index (χ1v) is 4.38. The summed E-state index contributed by atoms with van der Waals surface area (Å²) in [7, 11) is 0. The molecule has 0 saturated carbocycles. The molecule has 0 bridgehead atoms. The third-order valence-corrected chi connectivity index (χ3v) is 2.20. The van der Waals surface area contributed by atoms with Crippen LogP contribution in [0.3, 0.4) is 0 Å². The van der Waals surface area contributed by atoms with Crippen LogP contribution in [0.4, 0.5) is 0 Å². The molecule has 0 radical (unpaired) electrons. The van der Waals surface area contributed by atoms with Crippen molar-refractivity contribution < 1.29 is 4.74 Å². The van der Waals surface area contributed by atoms with Crippen molar-refractivity contribution in [3.8, 4) is 6.07 Å². The van der Waals surface area contributed by atoms with E-state index in [2.05, 4.69) is 4.98 Å². The maximum absolute atomic E-state index is 8.55. The van der Waals surface area contributed by atoms with Gasteiger partial charge >= 0.3 is 0 Å². The highest BCUT2D eigenvalue weighted by Crippen LogP contribution is 2.27. The van der Waals surface area contributed by atoms with Gasteiger partial charge in [0.1, 0.15) is 11.8 Å². The molecule has 1 aromatic heterocycles. The van der Waals surface area contributed by atoms with E-state index in [0.29, 0.717) is 5.69 Å². The summed E-state index contributed by atoms with van der Waals surface area (Å²) in [5.41, 5.74) is 1.54. The van der Waals surface area contributed by atoms with Crippen molar-refractivity contribution in [2.24, 2.45) is 0 Å². The van der Waals surface area contributed by atoms with Crippen molar-refractivity contribution in [3.63, 3.8) is 0 Å². The molecule has 0 aliphatic carbocycles. The van der Waals surface area contributed by atoms with E-state index in [4.69, 9.17) is 10.00 Å². The molecular weight excluding hydrogens is 164 g/mol. The molecule has 13 heavy (non-hydrogen) atoms. The minimum atomic E-state index is 0.195. The largest absolute Gasteiger partial charge is 0.373 e. The third kappa shape index (κ3) is 1.68. The number of pyridine rings is 1. The van der Waals surface area contributed by atoms with E-state index in [9.17, 15) is 0 Å². The van der Waals surface area contributed by atoms with Gasteiger partial charge in [-0.15, -0.1) is 0 Å². The molecule has 0 aromatic carbocycles. The lowest BCUT2D eigenvalue weighted by Crippen LogP contribution is -1.96. The molecule has 1 aromatic rings. The molecule has 3 heteroatoms. The second kappa shape index (κ2) is 3.55. The molecule has 1 unspecified atom stereocenters. The first-order chi connectivity index (χ1) is 6.40. The summed E-state index contributed by atoms with van der Waals surface area (Å²) in [6.45, 7) is 0.838. The first-order valence-electron chi connectivity index (χ1n) is 4.38. The number of hydrogen-bond donors (Lipinski definition) is 0.